The van der Waals surface area contributed by atoms with E-state index < -0.39 is 0 Å². The van der Waals surface area contributed by atoms with Gasteiger partial charge in [0.25, 0.3) is 0 Å². The van der Waals surface area contributed by atoms with Gasteiger partial charge in [-0.3, -0.25) is 0 Å². The fraction of sp³-hybridized carbons (Fsp3) is 0.0588. The molecule has 1 aliphatic carbocycles. The fourth-order valence-corrected chi connectivity index (χ4v) is 9.25. The Morgan fingerprint density at radius 2 is 0.904 bits per heavy atom. The number of benzene rings is 9. The lowest BCUT2D eigenvalue weighted by atomic mass is 9.80. The van der Waals surface area contributed by atoms with E-state index in [4.69, 9.17) is 4.42 Å². The van der Waals surface area contributed by atoms with Gasteiger partial charge in [-0.25, -0.2) is 0 Å². The standard InChI is InChI=1S/C51H34O/c1-51(2)44-29-35-17-7-6-16-34(35)28-42(44)43-30-41(48-40-22-12-13-23-45(40)52-50(48)49(43)51)31-24-26-33(27-25-31)47-38-20-10-8-18-36(38)46(32-14-4-3-5-15-32)37-19-9-11-21-39(37)47/h3-30H,1-2H3. The highest BCUT2D eigenvalue weighted by Crippen LogP contribution is 2.55. The van der Waals surface area contributed by atoms with Crippen molar-refractivity contribution in [3.8, 4) is 44.5 Å². The maximum atomic E-state index is 6.86. The highest BCUT2D eigenvalue weighted by molar-refractivity contribution is 6.22. The minimum absolute atomic E-state index is 0.211. The lowest BCUT2D eigenvalue weighted by Crippen LogP contribution is -2.15. The van der Waals surface area contributed by atoms with Crippen LogP contribution >= 0.6 is 0 Å². The molecule has 1 aromatic heterocycles. The first-order valence-electron chi connectivity index (χ1n) is 18.2. The van der Waals surface area contributed by atoms with E-state index in [0.29, 0.717) is 0 Å². The van der Waals surface area contributed by atoms with Crippen molar-refractivity contribution >= 4 is 54.3 Å². The number of hydrogen-bond acceptors (Lipinski definition) is 1. The average Bonchev–Trinajstić information content (AvgIpc) is 3.68. The zero-order valence-electron chi connectivity index (χ0n) is 29.1. The van der Waals surface area contributed by atoms with E-state index in [0.717, 1.165) is 16.6 Å². The molecule has 0 aliphatic heterocycles. The Bertz CT molecular complexity index is 3010. The van der Waals surface area contributed by atoms with Crippen LogP contribution in [0.5, 0.6) is 0 Å². The monoisotopic (exact) mass is 662 g/mol. The summed E-state index contributed by atoms with van der Waals surface area (Å²) in [6.07, 6.45) is 0. The quantitative estimate of drug-likeness (QED) is 0.172. The highest BCUT2D eigenvalue weighted by Gasteiger charge is 2.40. The van der Waals surface area contributed by atoms with Crippen LogP contribution in [0.4, 0.5) is 0 Å². The summed E-state index contributed by atoms with van der Waals surface area (Å²) in [5.74, 6) is 0. The molecule has 0 bridgehead atoms. The van der Waals surface area contributed by atoms with Crippen molar-refractivity contribution in [1.82, 2.24) is 0 Å². The van der Waals surface area contributed by atoms with E-state index in [1.54, 1.807) is 0 Å². The fourth-order valence-electron chi connectivity index (χ4n) is 9.25. The zero-order valence-corrected chi connectivity index (χ0v) is 29.1. The van der Waals surface area contributed by atoms with E-state index in [1.807, 2.05) is 0 Å². The molecule has 0 amide bonds. The zero-order chi connectivity index (χ0) is 34.6. The van der Waals surface area contributed by atoms with Crippen molar-refractivity contribution < 1.29 is 4.42 Å². The van der Waals surface area contributed by atoms with Gasteiger partial charge < -0.3 is 4.42 Å². The molecular weight excluding hydrogens is 629 g/mol. The number of para-hydroxylation sites is 1. The van der Waals surface area contributed by atoms with Crippen molar-refractivity contribution in [1.29, 1.82) is 0 Å². The van der Waals surface area contributed by atoms with Gasteiger partial charge in [0.15, 0.2) is 0 Å². The number of furan rings is 1. The second-order valence-electron chi connectivity index (χ2n) is 14.8. The van der Waals surface area contributed by atoms with Crippen molar-refractivity contribution in [2.24, 2.45) is 0 Å². The summed E-state index contributed by atoms with van der Waals surface area (Å²) >= 11 is 0. The predicted octanol–water partition coefficient (Wildman–Crippen LogP) is 14.4. The van der Waals surface area contributed by atoms with Crippen LogP contribution in [0.25, 0.3) is 98.8 Å². The Labute approximate surface area is 302 Å². The number of rotatable bonds is 3. The Balaban J connectivity index is 1.16. The summed E-state index contributed by atoms with van der Waals surface area (Å²) in [4.78, 5) is 0. The van der Waals surface area contributed by atoms with Crippen molar-refractivity contribution in [2.45, 2.75) is 19.3 Å². The molecule has 1 nitrogen and oxygen atoms in total. The van der Waals surface area contributed by atoms with Crippen LogP contribution in [0.2, 0.25) is 0 Å². The van der Waals surface area contributed by atoms with Crippen LogP contribution in [0.15, 0.2) is 174 Å². The second-order valence-corrected chi connectivity index (χ2v) is 14.8. The predicted molar refractivity (Wildman–Crippen MR) is 220 cm³/mol. The van der Waals surface area contributed by atoms with Gasteiger partial charge in [-0.15, -0.1) is 0 Å². The molecule has 10 aromatic rings. The first kappa shape index (κ1) is 29.3. The summed E-state index contributed by atoms with van der Waals surface area (Å²) in [6, 6.07) is 62.3. The Morgan fingerprint density at radius 3 is 1.54 bits per heavy atom. The van der Waals surface area contributed by atoms with Gasteiger partial charge >= 0.3 is 0 Å². The Hall–Kier alpha value is -6.44. The molecule has 0 spiro atoms. The molecule has 0 radical (unpaired) electrons. The first-order valence-corrected chi connectivity index (χ1v) is 18.2. The Kier molecular flexibility index (Phi) is 6.08. The third-order valence-corrected chi connectivity index (χ3v) is 11.6. The van der Waals surface area contributed by atoms with Gasteiger partial charge in [-0.2, -0.15) is 0 Å². The molecule has 9 aromatic carbocycles. The molecule has 1 aliphatic rings. The van der Waals surface area contributed by atoms with Gasteiger partial charge in [-0.05, 0) is 107 Å². The third-order valence-electron chi connectivity index (χ3n) is 11.6. The molecule has 0 fully saturated rings. The summed E-state index contributed by atoms with van der Waals surface area (Å²) in [7, 11) is 0. The van der Waals surface area contributed by atoms with Crippen LogP contribution in [-0.4, -0.2) is 0 Å². The van der Waals surface area contributed by atoms with Gasteiger partial charge in [0, 0.05) is 21.8 Å². The van der Waals surface area contributed by atoms with Crippen LogP contribution in [0.1, 0.15) is 25.0 Å². The third kappa shape index (κ3) is 4.05. The molecular formula is C51H34O. The smallest absolute Gasteiger partial charge is 0.140 e. The highest BCUT2D eigenvalue weighted by atomic mass is 16.3. The molecule has 11 rings (SSSR count). The molecule has 0 unspecified atom stereocenters. The number of fused-ring (bicyclic) bond motifs is 10. The minimum Gasteiger partial charge on any atom is -0.456 e. The van der Waals surface area contributed by atoms with E-state index in [9.17, 15) is 0 Å². The number of hydrogen-bond donors (Lipinski definition) is 0. The summed E-state index contributed by atoms with van der Waals surface area (Å²) in [6.45, 7) is 4.70. The topological polar surface area (TPSA) is 13.1 Å². The van der Waals surface area contributed by atoms with Gasteiger partial charge in [0.1, 0.15) is 11.2 Å². The van der Waals surface area contributed by atoms with Gasteiger partial charge in [0.05, 0.1) is 0 Å². The van der Waals surface area contributed by atoms with Crippen LogP contribution in [0.3, 0.4) is 0 Å². The van der Waals surface area contributed by atoms with Crippen molar-refractivity contribution in [3.63, 3.8) is 0 Å². The largest absolute Gasteiger partial charge is 0.456 e. The molecule has 0 N–H and O–H groups in total. The first-order chi connectivity index (χ1) is 25.6. The second kappa shape index (κ2) is 10.8. The molecule has 1 heteroatoms. The van der Waals surface area contributed by atoms with Crippen molar-refractivity contribution in [3.05, 3.63) is 181 Å². The van der Waals surface area contributed by atoms with Gasteiger partial charge in [-0.1, -0.05) is 159 Å². The normalized spacial score (nSPS) is 13.3. The maximum absolute atomic E-state index is 6.86. The van der Waals surface area contributed by atoms with Crippen LogP contribution < -0.4 is 0 Å². The lowest BCUT2D eigenvalue weighted by Gasteiger charge is -2.22. The average molecular weight is 663 g/mol. The lowest BCUT2D eigenvalue weighted by molar-refractivity contribution is 0.620. The summed E-state index contributed by atoms with van der Waals surface area (Å²) < 4.78 is 6.86. The maximum Gasteiger partial charge on any atom is 0.140 e. The summed E-state index contributed by atoms with van der Waals surface area (Å²) in [5.41, 5.74) is 14.3. The molecule has 244 valence electrons. The molecule has 0 saturated heterocycles. The molecule has 0 atom stereocenters. The van der Waals surface area contributed by atoms with E-state index in [-0.39, 0.29) is 5.41 Å². The van der Waals surface area contributed by atoms with E-state index in [2.05, 4.69) is 184 Å². The summed E-state index contributed by atoms with van der Waals surface area (Å²) in [5, 5.41) is 9.95. The van der Waals surface area contributed by atoms with Crippen LogP contribution in [0, 0.1) is 0 Å². The Morgan fingerprint density at radius 1 is 0.404 bits per heavy atom. The minimum atomic E-state index is -0.211. The SMILES string of the molecule is CC1(C)c2cc3ccccc3cc2-c2cc(-c3ccc(-c4c5ccccc5c(-c5ccccc5)c5ccccc45)cc3)c3c(oc4ccccc43)c21. The van der Waals surface area contributed by atoms with E-state index >= 15 is 0 Å². The van der Waals surface area contributed by atoms with E-state index in [1.165, 1.54) is 93.3 Å². The molecule has 52 heavy (non-hydrogen) atoms. The molecule has 0 saturated carbocycles. The molecule has 1 heterocycles. The van der Waals surface area contributed by atoms with Crippen LogP contribution in [-0.2, 0) is 5.41 Å². The van der Waals surface area contributed by atoms with Gasteiger partial charge in [0.2, 0.25) is 0 Å². The van der Waals surface area contributed by atoms with Crippen molar-refractivity contribution in [2.75, 3.05) is 0 Å².